The summed E-state index contributed by atoms with van der Waals surface area (Å²) >= 11 is 0. The van der Waals surface area contributed by atoms with Crippen molar-refractivity contribution >= 4 is 5.91 Å². The van der Waals surface area contributed by atoms with Crippen molar-refractivity contribution in [2.45, 2.75) is 59.5 Å². The molecule has 0 N–H and O–H groups in total. The number of aromatic nitrogens is 5. The fraction of sp³-hybridized carbons (Fsp3) is 0.667. The third kappa shape index (κ3) is 3.91. The smallest absolute Gasteiger partial charge is 0.227 e. The maximum absolute atomic E-state index is 12.9. The van der Waals surface area contributed by atoms with Crippen LogP contribution in [0, 0.1) is 19.8 Å². The van der Waals surface area contributed by atoms with Gasteiger partial charge in [0.05, 0.1) is 18.2 Å². The summed E-state index contributed by atoms with van der Waals surface area (Å²) in [6, 6.07) is 0.228. The topological polar surface area (TPSA) is 68.8 Å². The van der Waals surface area contributed by atoms with Crippen LogP contribution in [0.25, 0.3) is 0 Å². The number of hydrogen-bond donors (Lipinski definition) is 0. The number of piperidine rings is 1. The van der Waals surface area contributed by atoms with Crippen LogP contribution in [0.5, 0.6) is 0 Å². The Morgan fingerprint density at radius 1 is 1.36 bits per heavy atom. The van der Waals surface area contributed by atoms with Gasteiger partial charge in [-0.25, -0.2) is 9.67 Å². The second-order valence-electron chi connectivity index (χ2n) is 7.41. The number of likely N-dealkylation sites (tertiary alicyclic amines) is 1. The molecule has 0 bridgehead atoms. The molecule has 1 atom stereocenters. The molecule has 3 heterocycles. The largest absolute Gasteiger partial charge is 0.340 e. The standard InChI is InChI=1S/C18H28N6O/c1-13(2)9-23-15(4)17(14(3)21-23)8-18(25)22-7-5-6-16(10-22)24-12-19-11-20-24/h11-13,16H,5-10H2,1-4H3/t16-/m0/s1. The third-order valence-electron chi connectivity index (χ3n) is 4.96. The predicted octanol–water partition coefficient (Wildman–Crippen LogP) is 2.15. The molecule has 1 amide bonds. The van der Waals surface area contributed by atoms with E-state index in [1.54, 1.807) is 12.7 Å². The van der Waals surface area contributed by atoms with Crippen molar-refractivity contribution < 1.29 is 4.79 Å². The highest BCUT2D eigenvalue weighted by atomic mass is 16.2. The van der Waals surface area contributed by atoms with Gasteiger partial charge in [0, 0.05) is 30.9 Å². The first-order chi connectivity index (χ1) is 12.0. The lowest BCUT2D eigenvalue weighted by atomic mass is 10.0. The molecule has 0 radical (unpaired) electrons. The molecule has 0 spiro atoms. The Labute approximate surface area is 149 Å². The maximum Gasteiger partial charge on any atom is 0.227 e. The molecule has 0 aromatic carbocycles. The molecule has 2 aromatic rings. The van der Waals surface area contributed by atoms with Gasteiger partial charge in [0.25, 0.3) is 0 Å². The SMILES string of the molecule is Cc1nn(CC(C)C)c(C)c1CC(=O)N1CCC[C@H](n2cncn2)C1. The zero-order valence-electron chi connectivity index (χ0n) is 15.6. The molecular formula is C18H28N6O. The minimum absolute atomic E-state index is 0.181. The van der Waals surface area contributed by atoms with Gasteiger partial charge in [-0.2, -0.15) is 10.2 Å². The van der Waals surface area contributed by atoms with Crippen LogP contribution in [0.3, 0.4) is 0 Å². The zero-order valence-corrected chi connectivity index (χ0v) is 15.6. The number of aryl methyl sites for hydroxylation is 1. The number of amides is 1. The summed E-state index contributed by atoms with van der Waals surface area (Å²) in [7, 11) is 0. The second-order valence-corrected chi connectivity index (χ2v) is 7.41. The second kappa shape index (κ2) is 7.37. The molecule has 1 aliphatic rings. The molecule has 25 heavy (non-hydrogen) atoms. The molecule has 7 heteroatoms. The Balaban J connectivity index is 1.69. The third-order valence-corrected chi connectivity index (χ3v) is 4.96. The Bertz CT molecular complexity index is 718. The molecule has 0 aliphatic carbocycles. The minimum atomic E-state index is 0.181. The molecule has 3 rings (SSSR count). The quantitative estimate of drug-likeness (QED) is 0.833. The lowest BCUT2D eigenvalue weighted by molar-refractivity contribution is -0.132. The van der Waals surface area contributed by atoms with Gasteiger partial charge in [-0.1, -0.05) is 13.8 Å². The minimum Gasteiger partial charge on any atom is -0.340 e. The summed E-state index contributed by atoms with van der Waals surface area (Å²) < 4.78 is 3.91. The zero-order chi connectivity index (χ0) is 18.0. The van der Waals surface area contributed by atoms with Gasteiger partial charge in [-0.3, -0.25) is 9.48 Å². The first-order valence-corrected chi connectivity index (χ1v) is 9.10. The summed E-state index contributed by atoms with van der Waals surface area (Å²) in [4.78, 5) is 18.9. The van der Waals surface area contributed by atoms with Crippen LogP contribution >= 0.6 is 0 Å². The van der Waals surface area contributed by atoms with E-state index < -0.39 is 0 Å². The molecule has 1 aliphatic heterocycles. The van der Waals surface area contributed by atoms with Crippen LogP contribution in [0.2, 0.25) is 0 Å². The first-order valence-electron chi connectivity index (χ1n) is 9.10. The number of hydrogen-bond acceptors (Lipinski definition) is 4. The van der Waals surface area contributed by atoms with E-state index in [0.29, 0.717) is 18.9 Å². The van der Waals surface area contributed by atoms with Crippen molar-refractivity contribution in [3.05, 3.63) is 29.6 Å². The molecule has 136 valence electrons. The van der Waals surface area contributed by atoms with E-state index in [2.05, 4.69) is 36.0 Å². The molecule has 1 fully saturated rings. The predicted molar refractivity (Wildman–Crippen MR) is 95.1 cm³/mol. The highest BCUT2D eigenvalue weighted by Gasteiger charge is 2.26. The molecular weight excluding hydrogens is 316 g/mol. The Morgan fingerprint density at radius 2 is 2.16 bits per heavy atom. The number of rotatable bonds is 5. The average Bonchev–Trinajstić information content (AvgIpc) is 3.19. The number of carbonyl (C=O) groups is 1. The lowest BCUT2D eigenvalue weighted by Crippen LogP contribution is -2.41. The van der Waals surface area contributed by atoms with Crippen molar-refractivity contribution in [2.75, 3.05) is 13.1 Å². The van der Waals surface area contributed by atoms with E-state index in [1.165, 1.54) is 0 Å². The Kier molecular flexibility index (Phi) is 5.20. The van der Waals surface area contributed by atoms with E-state index in [-0.39, 0.29) is 11.9 Å². The van der Waals surface area contributed by atoms with Gasteiger partial charge in [-0.05, 0) is 32.6 Å². The van der Waals surface area contributed by atoms with Crippen LogP contribution in [0.1, 0.15) is 49.7 Å². The number of nitrogens with zero attached hydrogens (tertiary/aromatic N) is 6. The van der Waals surface area contributed by atoms with Crippen LogP contribution in [-0.2, 0) is 17.8 Å². The maximum atomic E-state index is 12.9. The Hall–Kier alpha value is -2.18. The van der Waals surface area contributed by atoms with E-state index in [0.717, 1.165) is 42.9 Å². The van der Waals surface area contributed by atoms with Crippen molar-refractivity contribution in [1.82, 2.24) is 29.4 Å². The van der Waals surface area contributed by atoms with E-state index >= 15 is 0 Å². The summed E-state index contributed by atoms with van der Waals surface area (Å²) in [5, 5.41) is 8.86. The van der Waals surface area contributed by atoms with Crippen molar-refractivity contribution in [2.24, 2.45) is 5.92 Å². The molecule has 2 aromatic heterocycles. The normalized spacial score (nSPS) is 18.1. The van der Waals surface area contributed by atoms with Crippen LogP contribution < -0.4 is 0 Å². The van der Waals surface area contributed by atoms with Crippen LogP contribution in [0.4, 0.5) is 0 Å². The summed E-state index contributed by atoms with van der Waals surface area (Å²) in [5.41, 5.74) is 3.16. The summed E-state index contributed by atoms with van der Waals surface area (Å²) in [6.45, 7) is 10.8. The fourth-order valence-corrected chi connectivity index (χ4v) is 3.58. The molecule has 1 saturated heterocycles. The van der Waals surface area contributed by atoms with Gasteiger partial charge in [0.2, 0.25) is 5.91 Å². The van der Waals surface area contributed by atoms with Gasteiger partial charge in [0.15, 0.2) is 0 Å². The molecule has 0 unspecified atom stereocenters. The first kappa shape index (κ1) is 17.6. The Morgan fingerprint density at radius 3 is 2.84 bits per heavy atom. The summed E-state index contributed by atoms with van der Waals surface area (Å²) in [5.74, 6) is 0.715. The highest BCUT2D eigenvalue weighted by Crippen LogP contribution is 2.22. The van der Waals surface area contributed by atoms with Gasteiger partial charge in [-0.15, -0.1) is 0 Å². The van der Waals surface area contributed by atoms with Crippen LogP contribution in [0.15, 0.2) is 12.7 Å². The van der Waals surface area contributed by atoms with Crippen molar-refractivity contribution in [3.8, 4) is 0 Å². The van der Waals surface area contributed by atoms with E-state index in [1.807, 2.05) is 21.2 Å². The van der Waals surface area contributed by atoms with E-state index in [9.17, 15) is 4.79 Å². The van der Waals surface area contributed by atoms with Gasteiger partial charge < -0.3 is 4.90 Å². The van der Waals surface area contributed by atoms with Crippen molar-refractivity contribution in [3.63, 3.8) is 0 Å². The lowest BCUT2D eigenvalue weighted by Gasteiger charge is -2.32. The van der Waals surface area contributed by atoms with Gasteiger partial charge >= 0.3 is 0 Å². The average molecular weight is 344 g/mol. The molecule has 0 saturated carbocycles. The fourth-order valence-electron chi connectivity index (χ4n) is 3.58. The van der Waals surface area contributed by atoms with Crippen LogP contribution in [-0.4, -0.2) is 48.4 Å². The van der Waals surface area contributed by atoms with Gasteiger partial charge in [0.1, 0.15) is 12.7 Å². The highest BCUT2D eigenvalue weighted by molar-refractivity contribution is 5.79. The number of carbonyl (C=O) groups excluding carboxylic acids is 1. The monoisotopic (exact) mass is 344 g/mol. The van der Waals surface area contributed by atoms with E-state index in [4.69, 9.17) is 0 Å². The summed E-state index contributed by atoms with van der Waals surface area (Å²) in [6.07, 6.45) is 5.76. The molecule has 7 nitrogen and oxygen atoms in total. The van der Waals surface area contributed by atoms with Crippen molar-refractivity contribution in [1.29, 1.82) is 0 Å².